The highest BCUT2D eigenvalue weighted by Gasteiger charge is 2.35. The van der Waals surface area contributed by atoms with Crippen molar-refractivity contribution in [3.05, 3.63) is 11.3 Å². The fraction of sp³-hybridized carbons (Fsp3) is 0.692. The van der Waals surface area contributed by atoms with Crippen LogP contribution >= 0.6 is 0 Å². The van der Waals surface area contributed by atoms with Crippen LogP contribution in [0, 0.1) is 6.92 Å². The van der Waals surface area contributed by atoms with Crippen molar-refractivity contribution in [3.63, 3.8) is 0 Å². The van der Waals surface area contributed by atoms with Crippen LogP contribution in [0.15, 0.2) is 5.03 Å². The molecule has 0 atom stereocenters. The van der Waals surface area contributed by atoms with Gasteiger partial charge < -0.3 is 9.47 Å². The molecule has 1 aromatic rings. The molecule has 2 heterocycles. The quantitative estimate of drug-likeness (QED) is 0.726. The van der Waals surface area contributed by atoms with E-state index in [0.29, 0.717) is 25.5 Å². The molecule has 1 aliphatic heterocycles. The average molecular weight is 331 g/mol. The van der Waals surface area contributed by atoms with Crippen LogP contribution in [0.3, 0.4) is 0 Å². The molecule has 2 rings (SSSR count). The third-order valence-electron chi connectivity index (χ3n) is 3.51. The zero-order valence-corrected chi connectivity index (χ0v) is 13.9. The first-order valence-electron chi connectivity index (χ1n) is 7.25. The molecule has 0 unspecified atom stereocenters. The van der Waals surface area contributed by atoms with Gasteiger partial charge in [-0.25, -0.2) is 13.2 Å². The second-order valence-corrected chi connectivity index (χ2v) is 6.67. The number of hydrogen-bond acceptors (Lipinski definition) is 6. The summed E-state index contributed by atoms with van der Waals surface area (Å²) in [5.74, 6) is -0.661. The number of aryl methyl sites for hydroxylation is 1. The first-order valence-corrected chi connectivity index (χ1v) is 8.69. The van der Waals surface area contributed by atoms with Crippen molar-refractivity contribution >= 4 is 16.0 Å². The van der Waals surface area contributed by atoms with Crippen molar-refractivity contribution in [3.8, 4) is 0 Å². The Morgan fingerprint density at radius 2 is 1.95 bits per heavy atom. The van der Waals surface area contributed by atoms with E-state index in [0.717, 1.165) is 0 Å². The summed E-state index contributed by atoms with van der Waals surface area (Å²) in [5.41, 5.74) is 0.517. The lowest BCUT2D eigenvalue weighted by Crippen LogP contribution is -2.41. The van der Waals surface area contributed by atoms with Crippen molar-refractivity contribution in [2.24, 2.45) is 0 Å². The van der Waals surface area contributed by atoms with Crippen molar-refractivity contribution < 1.29 is 22.7 Å². The van der Waals surface area contributed by atoms with E-state index >= 15 is 0 Å². The van der Waals surface area contributed by atoms with Crippen LogP contribution in [0.25, 0.3) is 0 Å². The van der Waals surface area contributed by atoms with E-state index in [2.05, 4.69) is 5.10 Å². The molecule has 0 amide bonds. The molecule has 9 heteroatoms. The fourth-order valence-corrected chi connectivity index (χ4v) is 3.92. The average Bonchev–Trinajstić information content (AvgIpc) is 2.86. The van der Waals surface area contributed by atoms with Crippen LogP contribution in [0.1, 0.15) is 29.9 Å². The molecule has 1 aliphatic rings. The minimum absolute atomic E-state index is 0.0233. The van der Waals surface area contributed by atoms with Gasteiger partial charge in [-0.05, 0) is 20.8 Å². The molecule has 0 aromatic carbocycles. The maximum Gasteiger partial charge on any atom is 0.343 e. The zero-order chi connectivity index (χ0) is 16.3. The molecule has 0 radical (unpaired) electrons. The molecular formula is C13H21N3O5S. The van der Waals surface area contributed by atoms with Gasteiger partial charge in [0, 0.05) is 19.6 Å². The molecule has 0 bridgehead atoms. The lowest BCUT2D eigenvalue weighted by molar-refractivity contribution is 0.0520. The van der Waals surface area contributed by atoms with Gasteiger partial charge in [-0.2, -0.15) is 9.40 Å². The molecule has 8 nitrogen and oxygen atoms in total. The highest BCUT2D eigenvalue weighted by molar-refractivity contribution is 7.89. The van der Waals surface area contributed by atoms with Gasteiger partial charge in [0.25, 0.3) is 10.0 Å². The first kappa shape index (κ1) is 16.9. The Bertz CT molecular complexity index is 647. The number of ether oxygens (including phenoxy) is 2. The molecule has 124 valence electrons. The normalized spacial score (nSPS) is 16.7. The number of hydrogen-bond donors (Lipinski definition) is 0. The SMILES string of the molecule is CCOC(=O)c1c(S(=O)(=O)N2CCOCC2)nn(CC)c1C. The fourth-order valence-electron chi connectivity index (χ4n) is 2.35. The summed E-state index contributed by atoms with van der Waals surface area (Å²) in [4.78, 5) is 12.2. The number of esters is 1. The minimum atomic E-state index is -3.85. The molecule has 0 saturated carbocycles. The van der Waals surface area contributed by atoms with Crippen LogP contribution in [-0.4, -0.2) is 61.4 Å². The number of nitrogens with zero attached hydrogens (tertiary/aromatic N) is 3. The van der Waals surface area contributed by atoms with E-state index in [9.17, 15) is 13.2 Å². The van der Waals surface area contributed by atoms with E-state index < -0.39 is 16.0 Å². The van der Waals surface area contributed by atoms with Crippen molar-refractivity contribution in [1.82, 2.24) is 14.1 Å². The monoisotopic (exact) mass is 331 g/mol. The number of sulfonamides is 1. The third kappa shape index (κ3) is 3.01. The van der Waals surface area contributed by atoms with Gasteiger partial charge in [-0.15, -0.1) is 0 Å². The second-order valence-electron chi connectivity index (χ2n) is 4.82. The van der Waals surface area contributed by atoms with Gasteiger partial charge >= 0.3 is 5.97 Å². The number of aromatic nitrogens is 2. The summed E-state index contributed by atoms with van der Waals surface area (Å²) in [5, 5.41) is 3.89. The van der Waals surface area contributed by atoms with Crippen LogP contribution < -0.4 is 0 Å². The third-order valence-corrected chi connectivity index (χ3v) is 5.33. The molecule has 1 fully saturated rings. The Balaban J connectivity index is 2.51. The van der Waals surface area contributed by atoms with Crippen molar-refractivity contribution in [2.75, 3.05) is 32.9 Å². The number of rotatable bonds is 5. The van der Waals surface area contributed by atoms with E-state index in [1.165, 1.54) is 8.99 Å². The van der Waals surface area contributed by atoms with Crippen molar-refractivity contribution in [1.29, 1.82) is 0 Å². The van der Waals surface area contributed by atoms with Crippen LogP contribution in [0.2, 0.25) is 0 Å². The molecule has 0 aliphatic carbocycles. The predicted octanol–water partition coefficient (Wildman–Crippen LogP) is 0.409. The Labute approximate surface area is 130 Å². The maximum absolute atomic E-state index is 12.8. The highest BCUT2D eigenvalue weighted by atomic mass is 32.2. The van der Waals surface area contributed by atoms with Crippen molar-refractivity contribution in [2.45, 2.75) is 32.3 Å². The van der Waals surface area contributed by atoms with E-state index in [4.69, 9.17) is 9.47 Å². The summed E-state index contributed by atoms with van der Waals surface area (Å²) >= 11 is 0. The Morgan fingerprint density at radius 1 is 1.32 bits per heavy atom. The largest absolute Gasteiger partial charge is 0.462 e. The Kier molecular flexibility index (Phi) is 5.20. The topological polar surface area (TPSA) is 90.7 Å². The minimum Gasteiger partial charge on any atom is -0.462 e. The molecule has 1 aromatic heterocycles. The Morgan fingerprint density at radius 3 is 2.50 bits per heavy atom. The lowest BCUT2D eigenvalue weighted by Gasteiger charge is -2.25. The van der Waals surface area contributed by atoms with Gasteiger partial charge in [0.2, 0.25) is 5.03 Å². The lowest BCUT2D eigenvalue weighted by atomic mass is 10.2. The molecule has 22 heavy (non-hydrogen) atoms. The van der Waals surface area contributed by atoms with Gasteiger partial charge in [-0.1, -0.05) is 0 Å². The molecule has 0 N–H and O–H groups in total. The first-order chi connectivity index (χ1) is 10.4. The Hall–Kier alpha value is -1.45. The van der Waals surface area contributed by atoms with Gasteiger partial charge in [0.15, 0.2) is 0 Å². The number of carbonyl (C=O) groups is 1. The van der Waals surface area contributed by atoms with E-state index in [1.807, 2.05) is 6.92 Å². The van der Waals surface area contributed by atoms with Gasteiger partial charge in [0.1, 0.15) is 5.56 Å². The summed E-state index contributed by atoms with van der Waals surface area (Å²) in [7, 11) is -3.85. The number of carbonyl (C=O) groups excluding carboxylic acids is 1. The molecular weight excluding hydrogens is 310 g/mol. The van der Waals surface area contributed by atoms with Crippen LogP contribution in [-0.2, 0) is 26.0 Å². The summed E-state index contributed by atoms with van der Waals surface area (Å²) in [6, 6.07) is 0. The standard InChI is InChI=1S/C13H21N3O5S/c1-4-16-10(3)11(13(17)21-5-2)12(14-16)22(18,19)15-6-8-20-9-7-15/h4-9H2,1-3H3. The summed E-state index contributed by atoms with van der Waals surface area (Å²) < 4.78 is 38.5. The van der Waals surface area contributed by atoms with Gasteiger partial charge in [0.05, 0.1) is 25.5 Å². The smallest absolute Gasteiger partial charge is 0.343 e. The van der Waals surface area contributed by atoms with Gasteiger partial charge in [-0.3, -0.25) is 4.68 Å². The van der Waals surface area contributed by atoms with E-state index in [1.54, 1.807) is 13.8 Å². The zero-order valence-electron chi connectivity index (χ0n) is 13.0. The highest BCUT2D eigenvalue weighted by Crippen LogP contribution is 2.24. The predicted molar refractivity (Wildman–Crippen MR) is 78.2 cm³/mol. The van der Waals surface area contributed by atoms with Crippen LogP contribution in [0.4, 0.5) is 0 Å². The molecule has 0 spiro atoms. The second kappa shape index (κ2) is 6.76. The maximum atomic E-state index is 12.8. The summed E-state index contributed by atoms with van der Waals surface area (Å²) in [6.45, 7) is 6.99. The van der Waals surface area contributed by atoms with Crippen LogP contribution in [0.5, 0.6) is 0 Å². The summed E-state index contributed by atoms with van der Waals surface area (Å²) in [6.07, 6.45) is 0. The number of morpholine rings is 1. The van der Waals surface area contributed by atoms with E-state index in [-0.39, 0.29) is 30.3 Å². The molecule has 1 saturated heterocycles.